The van der Waals surface area contributed by atoms with E-state index in [-0.39, 0.29) is 5.97 Å². The van der Waals surface area contributed by atoms with E-state index in [0.717, 1.165) is 19.3 Å². The Morgan fingerprint density at radius 3 is 1.65 bits per heavy atom. The van der Waals surface area contributed by atoms with E-state index in [2.05, 4.69) is 0 Å². The molecule has 0 aromatic carbocycles. The van der Waals surface area contributed by atoms with Crippen molar-refractivity contribution < 1.29 is 28.6 Å². The number of hydrogen-bond donors (Lipinski definition) is 0. The van der Waals surface area contributed by atoms with Crippen LogP contribution < -0.4 is 0 Å². The van der Waals surface area contributed by atoms with E-state index in [9.17, 15) is 14.4 Å². The van der Waals surface area contributed by atoms with Gasteiger partial charge in [0.25, 0.3) is 0 Å². The van der Waals surface area contributed by atoms with Crippen molar-refractivity contribution in [3.8, 4) is 0 Å². The Kier molecular flexibility index (Phi) is 10.5. The largest absolute Gasteiger partial charge is 0.466 e. The zero-order valence-corrected chi connectivity index (χ0v) is 17.5. The van der Waals surface area contributed by atoms with Crippen molar-refractivity contribution in [2.24, 2.45) is 5.92 Å². The Morgan fingerprint density at radius 2 is 1.23 bits per heavy atom. The van der Waals surface area contributed by atoms with Gasteiger partial charge in [0.05, 0.1) is 6.61 Å². The van der Waals surface area contributed by atoms with Gasteiger partial charge in [-0.2, -0.15) is 0 Å². The summed E-state index contributed by atoms with van der Waals surface area (Å²) in [6.45, 7) is 12.8. The smallest absolute Gasteiger partial charge is 0.320 e. The van der Waals surface area contributed by atoms with Gasteiger partial charge in [-0.15, -0.1) is 0 Å². The van der Waals surface area contributed by atoms with Crippen LogP contribution in [0.3, 0.4) is 0 Å². The van der Waals surface area contributed by atoms with Gasteiger partial charge in [0.1, 0.15) is 11.2 Å². The lowest BCUT2D eigenvalue weighted by Gasteiger charge is -2.26. The summed E-state index contributed by atoms with van der Waals surface area (Å²) in [4.78, 5) is 36.0. The number of esters is 3. The lowest BCUT2D eigenvalue weighted by Crippen LogP contribution is -2.36. The van der Waals surface area contributed by atoms with Gasteiger partial charge in [-0.05, 0) is 61.3 Å². The second-order valence-electron chi connectivity index (χ2n) is 8.38. The minimum atomic E-state index is -0.918. The van der Waals surface area contributed by atoms with E-state index in [4.69, 9.17) is 14.2 Å². The topological polar surface area (TPSA) is 78.9 Å². The van der Waals surface area contributed by atoms with Crippen molar-refractivity contribution >= 4 is 17.9 Å². The number of unbranched alkanes of at least 4 members (excludes halogenated alkanes) is 3. The molecule has 0 N–H and O–H groups in total. The van der Waals surface area contributed by atoms with Gasteiger partial charge in [0, 0.05) is 6.42 Å². The average Bonchev–Trinajstić information content (AvgIpc) is 2.42. The van der Waals surface area contributed by atoms with Crippen LogP contribution in [0.15, 0.2) is 0 Å². The fraction of sp³-hybridized carbons (Fsp3) is 0.850. The molecule has 0 fully saturated rings. The first kappa shape index (κ1) is 24.4. The molecule has 0 radical (unpaired) electrons. The van der Waals surface area contributed by atoms with Gasteiger partial charge in [-0.25, -0.2) is 0 Å². The molecule has 0 aliphatic heterocycles. The summed E-state index contributed by atoms with van der Waals surface area (Å²) < 4.78 is 15.6. The van der Waals surface area contributed by atoms with Crippen molar-refractivity contribution in [1.29, 1.82) is 0 Å². The molecule has 0 heterocycles. The monoisotopic (exact) mass is 372 g/mol. The summed E-state index contributed by atoms with van der Waals surface area (Å²) in [5.74, 6) is -2.19. The molecule has 0 saturated carbocycles. The van der Waals surface area contributed by atoms with Crippen LogP contribution in [-0.2, 0) is 28.6 Å². The Hall–Kier alpha value is -1.59. The van der Waals surface area contributed by atoms with E-state index in [0.29, 0.717) is 25.9 Å². The maximum Gasteiger partial charge on any atom is 0.320 e. The summed E-state index contributed by atoms with van der Waals surface area (Å²) in [5, 5.41) is 0. The highest BCUT2D eigenvalue weighted by Crippen LogP contribution is 2.21. The molecule has 0 aromatic heterocycles. The normalized spacial score (nSPS) is 12.0. The van der Waals surface area contributed by atoms with E-state index >= 15 is 0 Å². The second kappa shape index (κ2) is 11.2. The van der Waals surface area contributed by atoms with E-state index in [1.54, 1.807) is 48.5 Å². The lowest BCUT2D eigenvalue weighted by atomic mass is 9.99. The predicted molar refractivity (Wildman–Crippen MR) is 99.5 cm³/mol. The molecule has 0 rings (SSSR count). The summed E-state index contributed by atoms with van der Waals surface area (Å²) in [6.07, 6.45) is 3.86. The molecule has 0 unspecified atom stereocenters. The van der Waals surface area contributed by atoms with Crippen LogP contribution in [0.5, 0.6) is 0 Å². The molecule has 26 heavy (non-hydrogen) atoms. The first-order valence-corrected chi connectivity index (χ1v) is 9.47. The highest BCUT2D eigenvalue weighted by atomic mass is 16.6. The number of carbonyl (C=O) groups is 3. The van der Waals surface area contributed by atoms with Crippen LogP contribution in [0.25, 0.3) is 0 Å². The highest BCUT2D eigenvalue weighted by molar-refractivity contribution is 5.95. The Labute approximate surface area is 157 Å². The molecule has 0 aromatic rings. The minimum absolute atomic E-state index is 0.187. The van der Waals surface area contributed by atoms with Crippen molar-refractivity contribution in [2.45, 2.75) is 98.2 Å². The number of ether oxygens (including phenoxy) is 3. The standard InChI is InChI=1S/C20H36O6/c1-8-24-16(21)14-12-10-9-11-13-15(17(22)25-19(2,3)4)18(23)26-20(5,6)7/h15H,8-14H2,1-7H3. The SMILES string of the molecule is CCOC(=O)CCCCCCC(C(=O)OC(C)(C)C)C(=O)OC(C)(C)C. The number of rotatable bonds is 10. The minimum Gasteiger partial charge on any atom is -0.466 e. The Morgan fingerprint density at radius 1 is 0.769 bits per heavy atom. The summed E-state index contributed by atoms with van der Waals surface area (Å²) >= 11 is 0. The van der Waals surface area contributed by atoms with Gasteiger partial charge in [-0.3, -0.25) is 14.4 Å². The second-order valence-corrected chi connectivity index (χ2v) is 8.38. The quantitative estimate of drug-likeness (QED) is 0.248. The van der Waals surface area contributed by atoms with Crippen LogP contribution in [0.1, 0.15) is 87.0 Å². The van der Waals surface area contributed by atoms with Crippen molar-refractivity contribution in [3.63, 3.8) is 0 Å². The molecule has 0 aliphatic rings. The molecule has 0 atom stereocenters. The molecular formula is C20H36O6. The zero-order chi connectivity index (χ0) is 20.4. The van der Waals surface area contributed by atoms with E-state index < -0.39 is 29.1 Å². The van der Waals surface area contributed by atoms with Crippen LogP contribution in [0.2, 0.25) is 0 Å². The van der Waals surface area contributed by atoms with Crippen molar-refractivity contribution in [2.75, 3.05) is 6.61 Å². The summed E-state index contributed by atoms with van der Waals surface area (Å²) in [5.41, 5.74) is -1.31. The summed E-state index contributed by atoms with van der Waals surface area (Å²) in [7, 11) is 0. The zero-order valence-electron chi connectivity index (χ0n) is 17.5. The van der Waals surface area contributed by atoms with E-state index in [1.165, 1.54) is 0 Å². The van der Waals surface area contributed by atoms with Crippen LogP contribution in [0.4, 0.5) is 0 Å². The molecule has 152 valence electrons. The van der Waals surface area contributed by atoms with Gasteiger partial charge in [0.2, 0.25) is 0 Å². The van der Waals surface area contributed by atoms with Gasteiger partial charge in [-0.1, -0.05) is 19.3 Å². The third-order valence-corrected chi connectivity index (χ3v) is 3.31. The lowest BCUT2D eigenvalue weighted by molar-refractivity contribution is -0.174. The first-order chi connectivity index (χ1) is 11.9. The van der Waals surface area contributed by atoms with Gasteiger partial charge < -0.3 is 14.2 Å². The molecule has 0 saturated heterocycles. The van der Waals surface area contributed by atoms with Gasteiger partial charge >= 0.3 is 17.9 Å². The number of carbonyl (C=O) groups excluding carboxylic acids is 3. The summed E-state index contributed by atoms with van der Waals surface area (Å²) in [6, 6.07) is 0. The molecule has 0 amide bonds. The maximum atomic E-state index is 12.4. The Bertz CT molecular complexity index is 428. The highest BCUT2D eigenvalue weighted by Gasteiger charge is 2.34. The maximum absolute atomic E-state index is 12.4. The molecule has 0 spiro atoms. The molecule has 6 nitrogen and oxygen atoms in total. The Balaban J connectivity index is 4.51. The average molecular weight is 373 g/mol. The third-order valence-electron chi connectivity index (χ3n) is 3.31. The third kappa shape index (κ3) is 12.7. The number of hydrogen-bond acceptors (Lipinski definition) is 6. The molecule has 6 heteroatoms. The predicted octanol–water partition coefficient (Wildman–Crippen LogP) is 4.19. The van der Waals surface area contributed by atoms with Crippen molar-refractivity contribution in [1.82, 2.24) is 0 Å². The van der Waals surface area contributed by atoms with Crippen LogP contribution >= 0.6 is 0 Å². The van der Waals surface area contributed by atoms with Gasteiger partial charge in [0.15, 0.2) is 5.92 Å². The first-order valence-electron chi connectivity index (χ1n) is 9.47. The molecular weight excluding hydrogens is 336 g/mol. The van der Waals surface area contributed by atoms with E-state index in [1.807, 2.05) is 0 Å². The van der Waals surface area contributed by atoms with Crippen LogP contribution in [0, 0.1) is 5.92 Å². The molecule has 0 aliphatic carbocycles. The molecule has 0 bridgehead atoms. The fourth-order valence-corrected chi connectivity index (χ4v) is 2.28. The fourth-order valence-electron chi connectivity index (χ4n) is 2.28. The van der Waals surface area contributed by atoms with Crippen molar-refractivity contribution in [3.05, 3.63) is 0 Å². The van der Waals surface area contributed by atoms with Crippen LogP contribution in [-0.4, -0.2) is 35.7 Å².